The minimum Gasteiger partial charge on any atom is -0.486 e. The zero-order chi connectivity index (χ0) is 26.0. The van der Waals surface area contributed by atoms with Gasteiger partial charge in [-0.15, -0.1) is 0 Å². The molecule has 1 aliphatic rings. The molecule has 7 nitrogen and oxygen atoms in total. The number of aliphatic carboxylic acids is 1. The lowest BCUT2D eigenvalue weighted by atomic mass is 10.0. The topological polar surface area (TPSA) is 93.1 Å². The van der Waals surface area contributed by atoms with E-state index in [1.54, 1.807) is 19.1 Å². The quantitative estimate of drug-likeness (QED) is 0.437. The summed E-state index contributed by atoms with van der Waals surface area (Å²) in [5.74, 6) is -2.04. The van der Waals surface area contributed by atoms with Gasteiger partial charge in [-0.05, 0) is 66.4 Å². The van der Waals surface area contributed by atoms with Crippen LogP contribution in [0.4, 0.5) is 18.9 Å². The van der Waals surface area contributed by atoms with E-state index in [0.29, 0.717) is 5.56 Å². The van der Waals surface area contributed by atoms with Crippen molar-refractivity contribution in [1.82, 2.24) is 0 Å². The number of hydrogen-bond donors (Lipinski definition) is 1. The van der Waals surface area contributed by atoms with Crippen LogP contribution in [0.2, 0.25) is 0 Å². The summed E-state index contributed by atoms with van der Waals surface area (Å²) < 4.78 is 78.1. The first kappa shape index (κ1) is 25.4. The molecule has 0 fully saturated rings. The molecule has 0 aromatic heterocycles. The second kappa shape index (κ2) is 10.1. The Hall–Kier alpha value is -3.73. The molecule has 0 aliphatic carbocycles. The highest BCUT2D eigenvalue weighted by atomic mass is 32.2. The van der Waals surface area contributed by atoms with Crippen molar-refractivity contribution in [3.63, 3.8) is 0 Å². The Kier molecular flexibility index (Phi) is 7.11. The zero-order valence-corrected chi connectivity index (χ0v) is 19.8. The summed E-state index contributed by atoms with van der Waals surface area (Å²) in [6.45, 7) is -1.54. The van der Waals surface area contributed by atoms with E-state index < -0.39 is 34.5 Å². The maximum atomic E-state index is 14.1. The smallest absolute Gasteiger partial charge is 0.387 e. The molecule has 11 heteroatoms. The summed E-state index contributed by atoms with van der Waals surface area (Å²) in [6.07, 6.45) is -0.861. The summed E-state index contributed by atoms with van der Waals surface area (Å²) in [7, 11) is -4.09. The Labute approximate surface area is 205 Å². The van der Waals surface area contributed by atoms with Crippen molar-refractivity contribution < 1.29 is 41.0 Å². The van der Waals surface area contributed by atoms with Gasteiger partial charge in [-0.3, -0.25) is 9.10 Å². The van der Waals surface area contributed by atoms with Crippen LogP contribution in [-0.2, 0) is 14.8 Å². The molecule has 0 bridgehead atoms. The van der Waals surface area contributed by atoms with Crippen LogP contribution in [-0.4, -0.2) is 38.8 Å². The number of hydrogen-bond acceptors (Lipinski definition) is 5. The van der Waals surface area contributed by atoms with Gasteiger partial charge in [0.15, 0.2) is 0 Å². The number of fused-ring (bicyclic) bond motifs is 1. The van der Waals surface area contributed by atoms with Crippen molar-refractivity contribution >= 4 is 21.7 Å². The van der Waals surface area contributed by atoms with Gasteiger partial charge in [0.1, 0.15) is 23.4 Å². The molecule has 3 aromatic carbocycles. The van der Waals surface area contributed by atoms with Crippen LogP contribution >= 0.6 is 0 Å². The molecule has 0 unspecified atom stereocenters. The first-order chi connectivity index (χ1) is 17.0. The standard InChI is InChI=1S/C25H22F3NO6S/c1-15-3-2-4-21(9-15)36(32,33)29-14-19(6-8-24(30)31)34-23-7-5-16(12-22(23)29)17-10-18(26)13-20(11-17)35-25(27)28/h2-5,7,9-13,19,25H,6,8,14H2,1H3,(H,30,31)/t19-/m1/s1. The summed E-state index contributed by atoms with van der Waals surface area (Å²) in [5, 5.41) is 9.06. The third-order valence-corrected chi connectivity index (χ3v) is 7.35. The lowest BCUT2D eigenvalue weighted by Gasteiger charge is -2.35. The molecule has 36 heavy (non-hydrogen) atoms. The van der Waals surface area contributed by atoms with Crippen molar-refractivity contribution in [1.29, 1.82) is 0 Å². The number of aryl methyl sites for hydroxylation is 1. The number of carbonyl (C=O) groups is 1. The van der Waals surface area contributed by atoms with Crippen molar-refractivity contribution in [3.8, 4) is 22.6 Å². The summed E-state index contributed by atoms with van der Waals surface area (Å²) in [5.41, 5.74) is 1.41. The van der Waals surface area contributed by atoms with Crippen LogP contribution in [0.15, 0.2) is 65.6 Å². The van der Waals surface area contributed by atoms with E-state index >= 15 is 0 Å². The highest BCUT2D eigenvalue weighted by Crippen LogP contribution is 2.41. The molecular formula is C25H22F3NO6S. The van der Waals surface area contributed by atoms with E-state index in [9.17, 15) is 26.4 Å². The molecule has 4 rings (SSSR count). The van der Waals surface area contributed by atoms with Crippen molar-refractivity contribution in [2.24, 2.45) is 0 Å². The fraction of sp³-hybridized carbons (Fsp3) is 0.240. The summed E-state index contributed by atoms with van der Waals surface area (Å²) >= 11 is 0. The Morgan fingerprint density at radius 3 is 2.61 bits per heavy atom. The van der Waals surface area contributed by atoms with E-state index in [1.807, 2.05) is 0 Å². The van der Waals surface area contributed by atoms with Crippen molar-refractivity contribution in [2.75, 3.05) is 10.8 Å². The number of nitrogens with zero attached hydrogens (tertiary/aromatic N) is 1. The number of sulfonamides is 1. The number of benzene rings is 3. The third-order valence-electron chi connectivity index (χ3n) is 5.58. The molecule has 1 N–H and O–H groups in total. The summed E-state index contributed by atoms with van der Waals surface area (Å²) in [4.78, 5) is 11.1. The van der Waals surface area contributed by atoms with Crippen LogP contribution < -0.4 is 13.8 Å². The van der Waals surface area contributed by atoms with Crippen LogP contribution in [0, 0.1) is 12.7 Å². The zero-order valence-electron chi connectivity index (χ0n) is 19.0. The Morgan fingerprint density at radius 1 is 1.14 bits per heavy atom. The molecule has 1 atom stereocenters. The monoisotopic (exact) mass is 521 g/mol. The van der Waals surface area contributed by atoms with Gasteiger partial charge in [0, 0.05) is 12.5 Å². The van der Waals surface area contributed by atoms with Gasteiger partial charge < -0.3 is 14.6 Å². The lowest BCUT2D eigenvalue weighted by molar-refractivity contribution is -0.137. The largest absolute Gasteiger partial charge is 0.486 e. The van der Waals surface area contributed by atoms with E-state index in [1.165, 1.54) is 36.4 Å². The molecule has 190 valence electrons. The number of anilines is 1. The van der Waals surface area contributed by atoms with Crippen LogP contribution in [0.1, 0.15) is 18.4 Å². The van der Waals surface area contributed by atoms with Gasteiger partial charge >= 0.3 is 12.6 Å². The molecule has 1 aliphatic heterocycles. The highest BCUT2D eigenvalue weighted by Gasteiger charge is 2.35. The van der Waals surface area contributed by atoms with Gasteiger partial charge in [-0.1, -0.05) is 18.2 Å². The molecule has 0 spiro atoms. The predicted molar refractivity (Wildman–Crippen MR) is 125 cm³/mol. The minimum absolute atomic E-state index is 0.0381. The second-order valence-electron chi connectivity index (χ2n) is 8.26. The number of carboxylic acid groups (broad SMARTS) is 1. The fourth-order valence-electron chi connectivity index (χ4n) is 3.96. The van der Waals surface area contributed by atoms with E-state index in [0.717, 1.165) is 22.0 Å². The average molecular weight is 522 g/mol. The third kappa shape index (κ3) is 5.56. The van der Waals surface area contributed by atoms with Gasteiger partial charge in [-0.2, -0.15) is 8.78 Å². The van der Waals surface area contributed by atoms with Crippen molar-refractivity contribution in [2.45, 2.75) is 37.4 Å². The lowest BCUT2D eigenvalue weighted by Crippen LogP contribution is -2.43. The molecule has 0 radical (unpaired) electrons. The molecular weight excluding hydrogens is 499 g/mol. The molecule has 3 aromatic rings. The Morgan fingerprint density at radius 2 is 1.92 bits per heavy atom. The fourth-order valence-corrected chi connectivity index (χ4v) is 5.56. The number of alkyl halides is 2. The normalized spacial score (nSPS) is 15.4. The van der Waals surface area contributed by atoms with Gasteiger partial charge in [0.2, 0.25) is 0 Å². The predicted octanol–water partition coefficient (Wildman–Crippen LogP) is 5.22. The Bertz CT molecular complexity index is 1400. The number of rotatable bonds is 8. The maximum Gasteiger partial charge on any atom is 0.387 e. The van der Waals surface area contributed by atoms with Crippen LogP contribution in [0.5, 0.6) is 11.5 Å². The maximum absolute atomic E-state index is 14.1. The highest BCUT2D eigenvalue weighted by molar-refractivity contribution is 7.92. The van der Waals surface area contributed by atoms with E-state index in [2.05, 4.69) is 4.74 Å². The molecule has 1 heterocycles. The molecule has 0 saturated heterocycles. The number of halogens is 3. The van der Waals surface area contributed by atoms with E-state index in [4.69, 9.17) is 9.84 Å². The Balaban J connectivity index is 1.80. The average Bonchev–Trinajstić information content (AvgIpc) is 2.81. The van der Waals surface area contributed by atoms with E-state index in [-0.39, 0.29) is 47.0 Å². The SMILES string of the molecule is Cc1cccc(S(=O)(=O)N2C[C@@H](CCC(=O)O)Oc3ccc(-c4cc(F)cc(OC(F)F)c4)cc32)c1. The van der Waals surface area contributed by atoms with Crippen LogP contribution in [0.25, 0.3) is 11.1 Å². The van der Waals surface area contributed by atoms with Crippen molar-refractivity contribution in [3.05, 3.63) is 72.0 Å². The first-order valence-corrected chi connectivity index (χ1v) is 12.3. The summed E-state index contributed by atoms with van der Waals surface area (Å²) in [6, 6.07) is 13.9. The minimum atomic E-state index is -4.09. The first-order valence-electron chi connectivity index (χ1n) is 10.9. The van der Waals surface area contributed by atoms with Gasteiger partial charge in [0.25, 0.3) is 10.0 Å². The van der Waals surface area contributed by atoms with Gasteiger partial charge in [0.05, 0.1) is 17.1 Å². The number of carboxylic acids is 1. The molecule has 0 saturated carbocycles. The van der Waals surface area contributed by atoms with Gasteiger partial charge in [-0.25, -0.2) is 12.8 Å². The number of ether oxygens (including phenoxy) is 2. The second-order valence-corrected chi connectivity index (χ2v) is 10.1. The molecule has 0 amide bonds. The van der Waals surface area contributed by atoms with Crippen LogP contribution in [0.3, 0.4) is 0 Å².